The average molecular weight is 486 g/mol. The van der Waals surface area contributed by atoms with Gasteiger partial charge in [-0.1, -0.05) is 64.5 Å². The highest BCUT2D eigenvalue weighted by atomic mass is 79.9. The third kappa shape index (κ3) is 5.34. The Bertz CT molecular complexity index is 1150. The molecule has 0 aromatic heterocycles. The average Bonchev–Trinajstić information content (AvgIpc) is 2.75. The highest BCUT2D eigenvalue weighted by Gasteiger charge is 2.27. The number of sulfonamides is 1. The fourth-order valence-corrected chi connectivity index (χ4v) is 4.53. The van der Waals surface area contributed by atoms with Gasteiger partial charge in [-0.3, -0.25) is 9.10 Å². The SMILES string of the molecule is Cc1ccccc1N(CC(=O)N/N=C\c1ccc(Br)cc1)S(=O)(=O)c1ccccc1. The molecule has 3 aromatic rings. The van der Waals surface area contributed by atoms with Crippen LogP contribution in [-0.2, 0) is 14.8 Å². The number of carbonyl (C=O) groups is 1. The van der Waals surface area contributed by atoms with Crippen LogP contribution in [0.3, 0.4) is 0 Å². The normalized spacial score (nSPS) is 11.4. The molecule has 0 radical (unpaired) electrons. The fraction of sp³-hybridized carbons (Fsp3) is 0.0909. The smallest absolute Gasteiger partial charge is 0.264 e. The first-order valence-corrected chi connectivity index (χ1v) is 11.3. The van der Waals surface area contributed by atoms with Crippen molar-refractivity contribution < 1.29 is 13.2 Å². The Morgan fingerprint density at radius 3 is 2.30 bits per heavy atom. The van der Waals surface area contributed by atoms with Crippen LogP contribution in [0.25, 0.3) is 0 Å². The number of para-hydroxylation sites is 1. The summed E-state index contributed by atoms with van der Waals surface area (Å²) in [7, 11) is -3.94. The molecule has 3 rings (SSSR count). The topological polar surface area (TPSA) is 78.8 Å². The van der Waals surface area contributed by atoms with Crippen molar-refractivity contribution in [2.45, 2.75) is 11.8 Å². The van der Waals surface area contributed by atoms with Gasteiger partial charge in [-0.25, -0.2) is 13.8 Å². The van der Waals surface area contributed by atoms with Gasteiger partial charge in [0, 0.05) is 4.47 Å². The summed E-state index contributed by atoms with van der Waals surface area (Å²) in [5.41, 5.74) is 4.38. The molecule has 0 aliphatic heterocycles. The minimum absolute atomic E-state index is 0.111. The zero-order valence-corrected chi connectivity index (χ0v) is 18.6. The maximum atomic E-state index is 13.3. The van der Waals surface area contributed by atoms with E-state index in [1.54, 1.807) is 43.3 Å². The summed E-state index contributed by atoms with van der Waals surface area (Å²) >= 11 is 3.35. The maximum Gasteiger partial charge on any atom is 0.264 e. The molecular weight excluding hydrogens is 466 g/mol. The van der Waals surface area contributed by atoms with Gasteiger partial charge in [0.05, 0.1) is 16.8 Å². The molecule has 0 spiro atoms. The van der Waals surface area contributed by atoms with E-state index in [9.17, 15) is 13.2 Å². The summed E-state index contributed by atoms with van der Waals surface area (Å²) in [6.45, 7) is 1.40. The first-order valence-electron chi connectivity index (χ1n) is 9.09. The minimum Gasteiger partial charge on any atom is -0.271 e. The molecule has 3 aromatic carbocycles. The van der Waals surface area contributed by atoms with E-state index in [4.69, 9.17) is 0 Å². The number of hydrogen-bond donors (Lipinski definition) is 1. The van der Waals surface area contributed by atoms with E-state index in [1.807, 2.05) is 30.3 Å². The monoisotopic (exact) mass is 485 g/mol. The molecule has 0 unspecified atom stereocenters. The lowest BCUT2D eigenvalue weighted by atomic mass is 10.2. The molecule has 30 heavy (non-hydrogen) atoms. The molecule has 0 saturated heterocycles. The first-order chi connectivity index (χ1) is 14.4. The van der Waals surface area contributed by atoms with E-state index < -0.39 is 22.5 Å². The van der Waals surface area contributed by atoms with Crippen LogP contribution in [0.1, 0.15) is 11.1 Å². The number of aryl methyl sites for hydroxylation is 1. The van der Waals surface area contributed by atoms with Gasteiger partial charge in [-0.05, 0) is 48.4 Å². The zero-order chi connectivity index (χ0) is 21.6. The Morgan fingerprint density at radius 1 is 1.00 bits per heavy atom. The summed E-state index contributed by atoms with van der Waals surface area (Å²) in [6.07, 6.45) is 1.49. The second kappa shape index (κ2) is 9.69. The number of amides is 1. The van der Waals surface area contributed by atoms with Crippen LogP contribution in [0.15, 0.2) is 93.3 Å². The van der Waals surface area contributed by atoms with Gasteiger partial charge in [0.25, 0.3) is 15.9 Å². The molecule has 0 fully saturated rings. The van der Waals surface area contributed by atoms with Gasteiger partial charge < -0.3 is 0 Å². The highest BCUT2D eigenvalue weighted by molar-refractivity contribution is 9.10. The molecule has 0 aliphatic rings. The Morgan fingerprint density at radius 2 is 1.63 bits per heavy atom. The number of hydrogen-bond acceptors (Lipinski definition) is 4. The number of carbonyl (C=O) groups excluding carboxylic acids is 1. The van der Waals surface area contributed by atoms with Gasteiger partial charge in [0.15, 0.2) is 0 Å². The summed E-state index contributed by atoms with van der Waals surface area (Å²) in [6, 6.07) is 22.4. The van der Waals surface area contributed by atoms with Crippen LogP contribution >= 0.6 is 15.9 Å². The van der Waals surface area contributed by atoms with E-state index in [-0.39, 0.29) is 4.90 Å². The lowest BCUT2D eigenvalue weighted by Crippen LogP contribution is -2.40. The van der Waals surface area contributed by atoms with Crippen LogP contribution in [0.4, 0.5) is 5.69 Å². The molecule has 0 bridgehead atoms. The number of rotatable bonds is 7. The van der Waals surface area contributed by atoms with Crippen LogP contribution in [0, 0.1) is 6.92 Å². The largest absolute Gasteiger partial charge is 0.271 e. The van der Waals surface area contributed by atoms with Gasteiger partial charge in [0.2, 0.25) is 0 Å². The lowest BCUT2D eigenvalue weighted by Gasteiger charge is -2.25. The Labute approximate surface area is 184 Å². The first kappa shape index (κ1) is 21.7. The molecule has 1 N–H and O–H groups in total. The fourth-order valence-electron chi connectivity index (χ4n) is 2.76. The van der Waals surface area contributed by atoms with Crippen molar-refractivity contribution in [1.82, 2.24) is 5.43 Å². The molecule has 1 amide bonds. The van der Waals surface area contributed by atoms with Crippen molar-refractivity contribution in [2.75, 3.05) is 10.8 Å². The van der Waals surface area contributed by atoms with Crippen LogP contribution < -0.4 is 9.73 Å². The van der Waals surface area contributed by atoms with Crippen molar-refractivity contribution >= 4 is 43.8 Å². The number of halogens is 1. The van der Waals surface area contributed by atoms with Gasteiger partial charge in [-0.2, -0.15) is 5.10 Å². The molecular formula is C22H20BrN3O3S. The van der Waals surface area contributed by atoms with Gasteiger partial charge >= 0.3 is 0 Å². The van der Waals surface area contributed by atoms with Crippen molar-refractivity contribution in [1.29, 1.82) is 0 Å². The Balaban J connectivity index is 1.83. The number of anilines is 1. The number of nitrogens with zero attached hydrogens (tertiary/aromatic N) is 2. The maximum absolute atomic E-state index is 13.3. The van der Waals surface area contributed by atoms with Crippen LogP contribution in [0.5, 0.6) is 0 Å². The van der Waals surface area contributed by atoms with E-state index >= 15 is 0 Å². The number of nitrogens with one attached hydrogen (secondary N) is 1. The third-order valence-electron chi connectivity index (χ3n) is 4.28. The summed E-state index contributed by atoms with van der Waals surface area (Å²) in [4.78, 5) is 12.6. The van der Waals surface area contributed by atoms with E-state index in [2.05, 4.69) is 26.5 Å². The summed E-state index contributed by atoms with van der Waals surface area (Å²) in [5.74, 6) is -0.550. The summed E-state index contributed by atoms with van der Waals surface area (Å²) < 4.78 is 28.5. The molecule has 0 aliphatic carbocycles. The standard InChI is InChI=1S/C22H20BrN3O3S/c1-17-7-5-6-10-21(17)26(30(28,29)20-8-3-2-4-9-20)16-22(27)25-24-15-18-11-13-19(23)14-12-18/h2-15H,16H2,1H3,(H,25,27)/b24-15-. The quantitative estimate of drug-likeness (QED) is 0.404. The van der Waals surface area contributed by atoms with E-state index in [1.165, 1.54) is 18.3 Å². The third-order valence-corrected chi connectivity index (χ3v) is 6.58. The highest BCUT2D eigenvalue weighted by Crippen LogP contribution is 2.26. The Kier molecular flexibility index (Phi) is 7.02. The predicted molar refractivity (Wildman–Crippen MR) is 122 cm³/mol. The molecule has 0 heterocycles. The molecule has 8 heteroatoms. The molecule has 6 nitrogen and oxygen atoms in total. The van der Waals surface area contributed by atoms with Crippen LogP contribution in [0.2, 0.25) is 0 Å². The van der Waals surface area contributed by atoms with Crippen LogP contribution in [-0.4, -0.2) is 27.1 Å². The molecule has 154 valence electrons. The lowest BCUT2D eigenvalue weighted by molar-refractivity contribution is -0.119. The van der Waals surface area contributed by atoms with Crippen molar-refractivity contribution in [3.63, 3.8) is 0 Å². The predicted octanol–water partition coefficient (Wildman–Crippen LogP) is 4.10. The number of hydrazone groups is 1. The molecule has 0 saturated carbocycles. The summed E-state index contributed by atoms with van der Waals surface area (Å²) in [5, 5.41) is 3.93. The Hall–Kier alpha value is -2.97. The van der Waals surface area contributed by atoms with Crippen molar-refractivity contribution in [3.8, 4) is 0 Å². The van der Waals surface area contributed by atoms with Crippen molar-refractivity contribution in [2.24, 2.45) is 5.10 Å². The zero-order valence-electron chi connectivity index (χ0n) is 16.2. The van der Waals surface area contributed by atoms with Crippen molar-refractivity contribution in [3.05, 3.63) is 94.5 Å². The van der Waals surface area contributed by atoms with E-state index in [0.29, 0.717) is 5.69 Å². The van der Waals surface area contributed by atoms with Gasteiger partial charge in [-0.15, -0.1) is 0 Å². The number of benzene rings is 3. The van der Waals surface area contributed by atoms with E-state index in [0.717, 1.165) is 19.9 Å². The second-order valence-corrected chi connectivity index (χ2v) is 9.23. The molecule has 0 atom stereocenters. The minimum atomic E-state index is -3.94. The van der Waals surface area contributed by atoms with Gasteiger partial charge in [0.1, 0.15) is 6.54 Å². The second-order valence-electron chi connectivity index (χ2n) is 6.46.